The van der Waals surface area contributed by atoms with Crippen LogP contribution in [0.4, 0.5) is 0 Å². The van der Waals surface area contributed by atoms with Crippen LogP contribution in [0.1, 0.15) is 43.4 Å². The number of hydrogen-bond acceptors (Lipinski definition) is 12. The van der Waals surface area contributed by atoms with Gasteiger partial charge in [-0.15, -0.1) is 0 Å². The van der Waals surface area contributed by atoms with Crippen molar-refractivity contribution in [1.29, 1.82) is 0 Å². The Kier molecular flexibility index (Phi) is 13.5. The highest BCUT2D eigenvalue weighted by molar-refractivity contribution is 5.96. The Morgan fingerprint density at radius 2 is 1.23 bits per heavy atom. The second-order valence-corrected chi connectivity index (χ2v) is 9.00. The van der Waals surface area contributed by atoms with E-state index in [-0.39, 0.29) is 37.6 Å². The van der Waals surface area contributed by atoms with Crippen LogP contribution in [0.15, 0.2) is 30.3 Å². The summed E-state index contributed by atoms with van der Waals surface area (Å²) in [6.07, 6.45) is 0.105. The first-order valence-electron chi connectivity index (χ1n) is 13.7. The summed E-state index contributed by atoms with van der Waals surface area (Å²) in [6, 6.07) is 8.24. The fourth-order valence-electron chi connectivity index (χ4n) is 4.85. The normalized spacial score (nSPS) is 11.9. The molecule has 12 nitrogen and oxygen atoms in total. The van der Waals surface area contributed by atoms with Crippen molar-refractivity contribution < 1.29 is 57.0 Å². The Bertz CT molecular complexity index is 1220. The first-order chi connectivity index (χ1) is 20.7. The molecule has 238 valence electrons. The van der Waals surface area contributed by atoms with E-state index in [1.165, 1.54) is 42.7 Å². The smallest absolute Gasteiger partial charge is 0.326 e. The van der Waals surface area contributed by atoms with Crippen LogP contribution in [0, 0.1) is 5.92 Å². The summed E-state index contributed by atoms with van der Waals surface area (Å²) >= 11 is 0. The van der Waals surface area contributed by atoms with Gasteiger partial charge in [-0.2, -0.15) is 0 Å². The predicted molar refractivity (Wildman–Crippen MR) is 155 cm³/mol. The zero-order valence-corrected chi connectivity index (χ0v) is 26.3. The molecule has 2 aromatic rings. The Labute approximate surface area is 252 Å². The molecule has 0 aromatic heterocycles. The second-order valence-electron chi connectivity index (χ2n) is 9.00. The zero-order valence-electron chi connectivity index (χ0n) is 26.3. The van der Waals surface area contributed by atoms with E-state index in [0.29, 0.717) is 28.4 Å². The number of ether oxygens (including phenoxy) is 9. The Morgan fingerprint density at radius 3 is 1.70 bits per heavy atom. The van der Waals surface area contributed by atoms with E-state index < -0.39 is 35.5 Å². The molecule has 0 amide bonds. The molecule has 0 fully saturated rings. The van der Waals surface area contributed by atoms with Crippen molar-refractivity contribution in [3.8, 4) is 23.0 Å². The lowest BCUT2D eigenvalue weighted by Gasteiger charge is -2.37. The maximum absolute atomic E-state index is 13.5. The molecule has 2 rings (SSSR count). The molecular weight excluding hydrogens is 564 g/mol. The molecule has 0 saturated heterocycles. The Morgan fingerprint density at radius 1 is 0.674 bits per heavy atom. The molecule has 0 heterocycles. The molecule has 0 aliphatic carbocycles. The van der Waals surface area contributed by atoms with Crippen LogP contribution < -0.4 is 18.9 Å². The van der Waals surface area contributed by atoms with Gasteiger partial charge >= 0.3 is 17.9 Å². The van der Waals surface area contributed by atoms with Gasteiger partial charge in [-0.25, -0.2) is 0 Å². The van der Waals surface area contributed by atoms with Gasteiger partial charge in [0.05, 0.1) is 59.7 Å². The summed E-state index contributed by atoms with van der Waals surface area (Å²) in [6.45, 7) is 5.03. The van der Waals surface area contributed by atoms with Gasteiger partial charge < -0.3 is 42.6 Å². The molecule has 0 radical (unpaired) electrons. The van der Waals surface area contributed by atoms with E-state index >= 15 is 0 Å². The van der Waals surface area contributed by atoms with E-state index in [2.05, 4.69) is 0 Å². The van der Waals surface area contributed by atoms with E-state index in [1.807, 2.05) is 0 Å². The Balaban J connectivity index is 2.86. The second kappa shape index (κ2) is 16.6. The number of benzene rings is 2. The van der Waals surface area contributed by atoms with E-state index in [0.717, 1.165) is 0 Å². The van der Waals surface area contributed by atoms with Crippen molar-refractivity contribution in [3.63, 3.8) is 0 Å². The van der Waals surface area contributed by atoms with Crippen molar-refractivity contribution in [2.24, 2.45) is 5.92 Å². The standard InChI is InChI=1S/C31H42O12/c1-10-41-28(32)22(16-20-15-21(35-4)18-25(37-6)27(20)38-7)19-13-14-24(36-5)23(17-19)31(39-8,40-9)26(29(33)42-11-2)30(34)43-12-3/h13-15,17-18,22,26H,10-12,16H2,1-9H3. The molecule has 0 saturated carbocycles. The first-order valence-corrected chi connectivity index (χ1v) is 13.7. The minimum absolute atomic E-state index is 0.00775. The molecular formula is C31H42O12. The molecule has 0 N–H and O–H groups in total. The molecule has 0 bridgehead atoms. The lowest BCUT2D eigenvalue weighted by Crippen LogP contribution is -2.49. The minimum Gasteiger partial charge on any atom is -0.497 e. The number of methoxy groups -OCH3 is 6. The van der Waals surface area contributed by atoms with Crippen LogP contribution in [0.3, 0.4) is 0 Å². The summed E-state index contributed by atoms with van der Waals surface area (Å²) in [4.78, 5) is 39.9. The van der Waals surface area contributed by atoms with Crippen LogP contribution in [-0.4, -0.2) is 80.4 Å². The monoisotopic (exact) mass is 606 g/mol. The van der Waals surface area contributed by atoms with Crippen LogP contribution in [0.5, 0.6) is 23.0 Å². The lowest BCUT2D eigenvalue weighted by atomic mass is 9.85. The van der Waals surface area contributed by atoms with Crippen LogP contribution >= 0.6 is 0 Å². The van der Waals surface area contributed by atoms with Crippen molar-refractivity contribution >= 4 is 17.9 Å². The van der Waals surface area contributed by atoms with Crippen LogP contribution in [0.2, 0.25) is 0 Å². The van der Waals surface area contributed by atoms with Gasteiger partial charge in [0.25, 0.3) is 0 Å². The maximum Gasteiger partial charge on any atom is 0.326 e. The molecule has 12 heteroatoms. The Hall–Kier alpha value is -4.03. The number of carbonyl (C=O) groups is 3. The van der Waals surface area contributed by atoms with Gasteiger partial charge in [0.2, 0.25) is 11.7 Å². The fourth-order valence-corrected chi connectivity index (χ4v) is 4.85. The van der Waals surface area contributed by atoms with Gasteiger partial charge in [0.15, 0.2) is 11.5 Å². The summed E-state index contributed by atoms with van der Waals surface area (Å²) in [5.74, 6) is -5.49. The van der Waals surface area contributed by atoms with Gasteiger partial charge in [0.1, 0.15) is 11.5 Å². The SMILES string of the molecule is CCOC(=O)C(Cc1cc(OC)cc(OC)c1OC)c1ccc(OC)c(C(OC)(OC)C(C(=O)OCC)C(=O)OCC)c1. The minimum atomic E-state index is -2.06. The van der Waals surface area contributed by atoms with Crippen molar-refractivity contribution in [1.82, 2.24) is 0 Å². The molecule has 1 atom stereocenters. The maximum atomic E-state index is 13.5. The van der Waals surface area contributed by atoms with Crippen molar-refractivity contribution in [2.45, 2.75) is 38.9 Å². The van der Waals surface area contributed by atoms with Crippen molar-refractivity contribution in [3.05, 3.63) is 47.0 Å². The molecule has 0 aliphatic rings. The largest absolute Gasteiger partial charge is 0.497 e. The first kappa shape index (κ1) is 35.2. The van der Waals surface area contributed by atoms with Crippen molar-refractivity contribution in [2.75, 3.05) is 62.5 Å². The summed E-state index contributed by atoms with van der Waals surface area (Å²) in [5, 5.41) is 0. The zero-order chi connectivity index (χ0) is 32.2. The van der Waals surface area contributed by atoms with E-state index in [9.17, 15) is 14.4 Å². The number of esters is 3. The van der Waals surface area contributed by atoms with E-state index in [1.54, 1.807) is 51.1 Å². The number of rotatable bonds is 17. The van der Waals surface area contributed by atoms with Gasteiger partial charge in [-0.3, -0.25) is 14.4 Å². The summed E-state index contributed by atoms with van der Waals surface area (Å²) in [7, 11) is 8.47. The number of hydrogen-bond donors (Lipinski definition) is 0. The van der Waals surface area contributed by atoms with E-state index in [4.69, 9.17) is 42.6 Å². The van der Waals surface area contributed by atoms with Gasteiger partial charge in [-0.1, -0.05) is 6.07 Å². The third-order valence-corrected chi connectivity index (χ3v) is 6.79. The third kappa shape index (κ3) is 7.68. The lowest BCUT2D eigenvalue weighted by molar-refractivity contribution is -0.255. The average Bonchev–Trinajstić information content (AvgIpc) is 3.01. The fraction of sp³-hybridized carbons (Fsp3) is 0.516. The average molecular weight is 607 g/mol. The number of carbonyl (C=O) groups excluding carboxylic acids is 3. The van der Waals surface area contributed by atoms with Gasteiger partial charge in [-0.05, 0) is 51.0 Å². The highest BCUT2D eigenvalue weighted by atomic mass is 16.7. The summed E-state index contributed by atoms with van der Waals surface area (Å²) < 4.78 is 49.7. The topological polar surface area (TPSA) is 134 Å². The quantitative estimate of drug-likeness (QED) is 0.112. The highest BCUT2D eigenvalue weighted by Gasteiger charge is 2.54. The predicted octanol–water partition coefficient (Wildman–Crippen LogP) is 3.80. The van der Waals surface area contributed by atoms with Crippen LogP contribution in [-0.2, 0) is 50.3 Å². The molecule has 43 heavy (non-hydrogen) atoms. The highest BCUT2D eigenvalue weighted by Crippen LogP contribution is 2.44. The molecule has 0 aliphatic heterocycles. The summed E-state index contributed by atoms with van der Waals surface area (Å²) in [5.41, 5.74) is 1.20. The molecule has 1 unspecified atom stereocenters. The molecule has 2 aromatic carbocycles. The van der Waals surface area contributed by atoms with Gasteiger partial charge in [0, 0.05) is 25.8 Å². The molecule has 0 spiro atoms. The van der Waals surface area contributed by atoms with Crippen LogP contribution in [0.25, 0.3) is 0 Å². The third-order valence-electron chi connectivity index (χ3n) is 6.79.